The summed E-state index contributed by atoms with van der Waals surface area (Å²) in [6.45, 7) is 3.97. The number of hydrogen-bond donors (Lipinski definition) is 2. The number of furan rings is 1. The summed E-state index contributed by atoms with van der Waals surface area (Å²) < 4.78 is 5.20. The lowest BCUT2D eigenvalue weighted by Gasteiger charge is -2.12. The van der Waals surface area contributed by atoms with Crippen LogP contribution in [-0.4, -0.2) is 16.9 Å². The van der Waals surface area contributed by atoms with Gasteiger partial charge < -0.3 is 14.7 Å². The second kappa shape index (κ2) is 6.23. The Bertz CT molecular complexity index is 629. The van der Waals surface area contributed by atoms with E-state index in [0.717, 1.165) is 12.8 Å². The molecule has 0 aliphatic heterocycles. The van der Waals surface area contributed by atoms with E-state index in [1.807, 2.05) is 13.8 Å². The van der Waals surface area contributed by atoms with Gasteiger partial charge in [-0.3, -0.25) is 9.59 Å². The van der Waals surface area contributed by atoms with Crippen LogP contribution in [0.1, 0.15) is 37.0 Å². The third-order valence-corrected chi connectivity index (χ3v) is 3.04. The lowest BCUT2D eigenvalue weighted by atomic mass is 10.1. The number of carbonyl (C=O) groups excluding carboxylic acids is 1. The molecule has 1 atom stereocenters. The lowest BCUT2D eigenvalue weighted by Crippen LogP contribution is -2.35. The van der Waals surface area contributed by atoms with Crippen LogP contribution in [0.3, 0.4) is 0 Å². The van der Waals surface area contributed by atoms with E-state index in [2.05, 4.69) is 10.3 Å². The van der Waals surface area contributed by atoms with Crippen LogP contribution in [0, 0.1) is 0 Å². The molecule has 0 bridgehead atoms. The summed E-state index contributed by atoms with van der Waals surface area (Å²) in [7, 11) is 0. The van der Waals surface area contributed by atoms with Crippen LogP contribution in [0.25, 0.3) is 11.5 Å². The third-order valence-electron chi connectivity index (χ3n) is 3.04. The van der Waals surface area contributed by atoms with Gasteiger partial charge >= 0.3 is 0 Å². The number of amides is 1. The molecule has 2 aromatic rings. The number of H-pyrrole nitrogens is 1. The van der Waals surface area contributed by atoms with Crippen molar-refractivity contribution < 1.29 is 9.21 Å². The molecule has 0 radical (unpaired) electrons. The zero-order valence-electron chi connectivity index (χ0n) is 11.6. The van der Waals surface area contributed by atoms with E-state index in [1.54, 1.807) is 18.2 Å². The molecule has 5 heteroatoms. The standard InChI is InChI=1S/C15H18N2O3/c1-3-5-10(2)16-14(18)11-7-8-12(17-15(11)19)13-6-4-9-20-13/h4,6-10H,3,5H2,1-2H3,(H,16,18)(H,17,19)/t10-/m1/s1. The van der Waals surface area contributed by atoms with E-state index in [1.165, 1.54) is 12.3 Å². The van der Waals surface area contributed by atoms with Crippen LogP contribution < -0.4 is 10.9 Å². The molecule has 2 rings (SSSR count). The average Bonchev–Trinajstić information content (AvgIpc) is 2.92. The van der Waals surface area contributed by atoms with Crippen molar-refractivity contribution >= 4 is 5.91 Å². The molecule has 2 N–H and O–H groups in total. The summed E-state index contributed by atoms with van der Waals surface area (Å²) >= 11 is 0. The van der Waals surface area contributed by atoms with Gasteiger partial charge in [-0.15, -0.1) is 0 Å². The Morgan fingerprint density at radius 3 is 2.80 bits per heavy atom. The van der Waals surface area contributed by atoms with Gasteiger partial charge in [0.2, 0.25) is 0 Å². The van der Waals surface area contributed by atoms with Gasteiger partial charge in [0.25, 0.3) is 11.5 Å². The summed E-state index contributed by atoms with van der Waals surface area (Å²) in [5.41, 5.74) is 0.251. The molecule has 5 nitrogen and oxygen atoms in total. The molecular formula is C15H18N2O3. The molecule has 0 aliphatic carbocycles. The number of nitrogens with one attached hydrogen (secondary N) is 2. The number of pyridine rings is 1. The molecule has 0 saturated heterocycles. The van der Waals surface area contributed by atoms with Gasteiger partial charge in [-0.05, 0) is 37.6 Å². The normalized spacial score (nSPS) is 12.1. The van der Waals surface area contributed by atoms with Gasteiger partial charge in [0.15, 0.2) is 0 Å². The lowest BCUT2D eigenvalue weighted by molar-refractivity contribution is 0.0937. The van der Waals surface area contributed by atoms with Crippen molar-refractivity contribution in [3.63, 3.8) is 0 Å². The maximum atomic E-state index is 12.0. The highest BCUT2D eigenvalue weighted by Crippen LogP contribution is 2.15. The van der Waals surface area contributed by atoms with Crippen LogP contribution in [-0.2, 0) is 0 Å². The molecule has 2 heterocycles. The van der Waals surface area contributed by atoms with E-state index >= 15 is 0 Å². The fourth-order valence-electron chi connectivity index (χ4n) is 2.03. The molecular weight excluding hydrogens is 256 g/mol. The van der Waals surface area contributed by atoms with Crippen LogP contribution in [0.15, 0.2) is 39.7 Å². The molecule has 0 unspecified atom stereocenters. The maximum Gasteiger partial charge on any atom is 0.261 e. The van der Waals surface area contributed by atoms with Crippen LogP contribution in [0.2, 0.25) is 0 Å². The first-order chi connectivity index (χ1) is 9.61. The van der Waals surface area contributed by atoms with E-state index in [-0.39, 0.29) is 17.5 Å². The van der Waals surface area contributed by atoms with Crippen molar-refractivity contribution in [1.82, 2.24) is 10.3 Å². The van der Waals surface area contributed by atoms with Gasteiger partial charge in [0.05, 0.1) is 12.0 Å². The van der Waals surface area contributed by atoms with Crippen LogP contribution in [0.5, 0.6) is 0 Å². The van der Waals surface area contributed by atoms with Crippen molar-refractivity contribution in [3.05, 3.63) is 46.4 Å². The molecule has 106 valence electrons. The van der Waals surface area contributed by atoms with Gasteiger partial charge in [-0.1, -0.05) is 13.3 Å². The molecule has 0 aromatic carbocycles. The minimum absolute atomic E-state index is 0.0525. The van der Waals surface area contributed by atoms with E-state index in [4.69, 9.17) is 4.42 Å². The zero-order chi connectivity index (χ0) is 14.5. The Morgan fingerprint density at radius 2 is 2.20 bits per heavy atom. The molecule has 0 spiro atoms. The van der Waals surface area contributed by atoms with Gasteiger partial charge in [0.1, 0.15) is 11.3 Å². The molecule has 2 aromatic heterocycles. The first-order valence-electron chi connectivity index (χ1n) is 6.70. The topological polar surface area (TPSA) is 75.1 Å². The maximum absolute atomic E-state index is 12.0. The summed E-state index contributed by atoms with van der Waals surface area (Å²) in [5, 5.41) is 2.81. The minimum atomic E-state index is -0.417. The summed E-state index contributed by atoms with van der Waals surface area (Å²) in [6.07, 6.45) is 3.39. The predicted molar refractivity (Wildman–Crippen MR) is 76.6 cm³/mol. The molecule has 0 aliphatic rings. The molecule has 1 amide bonds. The second-order valence-corrected chi connectivity index (χ2v) is 4.76. The Kier molecular flexibility index (Phi) is 4.40. The minimum Gasteiger partial charge on any atom is -0.463 e. The van der Waals surface area contributed by atoms with Crippen molar-refractivity contribution in [2.75, 3.05) is 0 Å². The molecule has 0 saturated carbocycles. The average molecular weight is 274 g/mol. The zero-order valence-corrected chi connectivity index (χ0v) is 11.6. The van der Waals surface area contributed by atoms with Crippen molar-refractivity contribution in [2.45, 2.75) is 32.7 Å². The van der Waals surface area contributed by atoms with Crippen molar-refractivity contribution in [1.29, 1.82) is 0 Å². The first kappa shape index (κ1) is 14.1. The Balaban J connectivity index is 2.18. The van der Waals surface area contributed by atoms with Crippen LogP contribution >= 0.6 is 0 Å². The summed E-state index contributed by atoms with van der Waals surface area (Å²) in [6, 6.07) is 6.72. The van der Waals surface area contributed by atoms with E-state index in [9.17, 15) is 9.59 Å². The van der Waals surface area contributed by atoms with Crippen molar-refractivity contribution in [3.8, 4) is 11.5 Å². The quantitative estimate of drug-likeness (QED) is 0.879. The molecule has 20 heavy (non-hydrogen) atoms. The Hall–Kier alpha value is -2.30. The number of hydrogen-bond acceptors (Lipinski definition) is 3. The fraction of sp³-hybridized carbons (Fsp3) is 0.333. The highest BCUT2D eigenvalue weighted by Gasteiger charge is 2.14. The molecule has 0 fully saturated rings. The number of aromatic amines is 1. The number of aromatic nitrogens is 1. The third kappa shape index (κ3) is 3.17. The Labute approximate surface area is 117 Å². The predicted octanol–water partition coefficient (Wildman–Crippen LogP) is 2.55. The SMILES string of the molecule is CCC[C@@H](C)NC(=O)c1ccc(-c2ccco2)[nH]c1=O. The van der Waals surface area contributed by atoms with Gasteiger partial charge in [0, 0.05) is 6.04 Å². The largest absolute Gasteiger partial charge is 0.463 e. The summed E-state index contributed by atoms with van der Waals surface area (Å²) in [5.74, 6) is 0.214. The summed E-state index contributed by atoms with van der Waals surface area (Å²) in [4.78, 5) is 26.6. The van der Waals surface area contributed by atoms with Gasteiger partial charge in [-0.25, -0.2) is 0 Å². The van der Waals surface area contributed by atoms with Gasteiger partial charge in [-0.2, -0.15) is 0 Å². The Morgan fingerprint density at radius 1 is 1.40 bits per heavy atom. The highest BCUT2D eigenvalue weighted by atomic mass is 16.3. The van der Waals surface area contributed by atoms with Crippen molar-refractivity contribution in [2.24, 2.45) is 0 Å². The van der Waals surface area contributed by atoms with E-state index < -0.39 is 5.56 Å². The smallest absolute Gasteiger partial charge is 0.261 e. The van der Waals surface area contributed by atoms with E-state index in [0.29, 0.717) is 11.5 Å². The monoisotopic (exact) mass is 274 g/mol. The fourth-order valence-corrected chi connectivity index (χ4v) is 2.03. The number of carbonyl (C=O) groups is 1. The van der Waals surface area contributed by atoms with Crippen LogP contribution in [0.4, 0.5) is 0 Å². The second-order valence-electron chi connectivity index (χ2n) is 4.76. The number of rotatable bonds is 5. The highest BCUT2D eigenvalue weighted by molar-refractivity contribution is 5.94. The first-order valence-corrected chi connectivity index (χ1v) is 6.70.